The molecule has 2 unspecified atom stereocenters. The highest BCUT2D eigenvalue weighted by Gasteiger charge is 2.38. The monoisotopic (exact) mass is 395 g/mol. The summed E-state index contributed by atoms with van der Waals surface area (Å²) in [5.74, 6) is 2.02. The van der Waals surface area contributed by atoms with Gasteiger partial charge < -0.3 is 14.4 Å². The van der Waals surface area contributed by atoms with Crippen LogP contribution in [0, 0.1) is 0 Å². The molecule has 2 aliphatic rings. The summed E-state index contributed by atoms with van der Waals surface area (Å²) in [4.78, 5) is 14.8. The van der Waals surface area contributed by atoms with E-state index in [9.17, 15) is 4.79 Å². The molecule has 0 aliphatic carbocycles. The summed E-state index contributed by atoms with van der Waals surface area (Å²) < 4.78 is 11.5. The van der Waals surface area contributed by atoms with Gasteiger partial charge in [-0.3, -0.25) is 4.79 Å². The van der Waals surface area contributed by atoms with Gasteiger partial charge in [-0.15, -0.1) is 11.8 Å². The highest BCUT2D eigenvalue weighted by molar-refractivity contribution is 7.99. The third-order valence-electron chi connectivity index (χ3n) is 4.19. The minimum absolute atomic E-state index is 0.0875. The fourth-order valence-electron chi connectivity index (χ4n) is 2.98. The Morgan fingerprint density at radius 3 is 2.76 bits per heavy atom. The third kappa shape index (κ3) is 3.28. The summed E-state index contributed by atoms with van der Waals surface area (Å²) in [6.07, 6.45) is -0.651. The van der Waals surface area contributed by atoms with Crippen LogP contribution < -0.4 is 9.47 Å². The summed E-state index contributed by atoms with van der Waals surface area (Å²) in [5, 5.41) is 1.00. The lowest BCUT2D eigenvalue weighted by Gasteiger charge is -2.31. The number of carbonyl (C=O) groups excluding carboxylic acids is 1. The van der Waals surface area contributed by atoms with Gasteiger partial charge in [-0.25, -0.2) is 0 Å². The van der Waals surface area contributed by atoms with E-state index in [0.717, 1.165) is 11.3 Å². The lowest BCUT2D eigenvalue weighted by atomic mass is 10.2. The molecule has 1 fully saturated rings. The van der Waals surface area contributed by atoms with Gasteiger partial charge in [0.05, 0.1) is 0 Å². The summed E-state index contributed by atoms with van der Waals surface area (Å²) in [7, 11) is 0. The first kappa shape index (κ1) is 16.9. The van der Waals surface area contributed by atoms with Crippen LogP contribution in [-0.4, -0.2) is 35.8 Å². The second kappa shape index (κ2) is 6.98. The second-order valence-corrected chi connectivity index (χ2v) is 7.82. The van der Waals surface area contributed by atoms with Crippen LogP contribution in [0.25, 0.3) is 0 Å². The summed E-state index contributed by atoms with van der Waals surface area (Å²) in [5.41, 5.74) is 0.888. The van der Waals surface area contributed by atoms with Crippen molar-refractivity contribution in [2.45, 2.75) is 11.5 Å². The Bertz CT molecular complexity index is 817. The number of hydrogen-bond donors (Lipinski definition) is 0. The number of amides is 1. The smallest absolute Gasteiger partial charge is 0.268 e. The van der Waals surface area contributed by atoms with Gasteiger partial charge in [0.15, 0.2) is 11.5 Å². The van der Waals surface area contributed by atoms with Crippen LogP contribution in [0.3, 0.4) is 0 Å². The number of fused-ring (bicyclic) bond motifs is 1. The number of nitrogens with zero attached hydrogens (tertiary/aromatic N) is 1. The maximum atomic E-state index is 13.0. The van der Waals surface area contributed by atoms with E-state index in [1.54, 1.807) is 30.0 Å². The molecule has 7 heteroatoms. The number of carbonyl (C=O) groups is 1. The SMILES string of the molecule is O=C(C1COc2ccccc2O1)N1CCSC1c1ccc(Cl)cc1Cl. The van der Waals surface area contributed by atoms with Crippen LogP contribution in [0.1, 0.15) is 10.9 Å². The molecule has 0 radical (unpaired) electrons. The number of benzene rings is 2. The first-order chi connectivity index (χ1) is 12.1. The van der Waals surface area contributed by atoms with Crippen molar-refractivity contribution in [1.82, 2.24) is 4.90 Å². The van der Waals surface area contributed by atoms with Gasteiger partial charge >= 0.3 is 0 Å². The van der Waals surface area contributed by atoms with Crippen LogP contribution in [-0.2, 0) is 4.79 Å². The quantitative estimate of drug-likeness (QED) is 0.754. The van der Waals surface area contributed by atoms with Crippen molar-refractivity contribution in [3.8, 4) is 11.5 Å². The van der Waals surface area contributed by atoms with Crippen LogP contribution in [0.15, 0.2) is 42.5 Å². The molecule has 0 saturated carbocycles. The van der Waals surface area contributed by atoms with Crippen molar-refractivity contribution in [2.24, 2.45) is 0 Å². The summed E-state index contributed by atoms with van der Waals surface area (Å²) in [6, 6.07) is 12.7. The van der Waals surface area contributed by atoms with Gasteiger partial charge in [0.25, 0.3) is 5.91 Å². The molecule has 1 saturated heterocycles. The minimum Gasteiger partial charge on any atom is -0.485 e. The molecule has 2 aliphatic heterocycles. The van der Waals surface area contributed by atoms with E-state index in [2.05, 4.69) is 0 Å². The van der Waals surface area contributed by atoms with Gasteiger partial charge in [0, 0.05) is 27.9 Å². The fraction of sp³-hybridized carbons (Fsp3) is 0.278. The molecular weight excluding hydrogens is 381 g/mol. The van der Waals surface area contributed by atoms with Gasteiger partial charge in [-0.2, -0.15) is 0 Å². The summed E-state index contributed by atoms with van der Waals surface area (Å²) >= 11 is 14.0. The van der Waals surface area contributed by atoms with Crippen LogP contribution in [0.5, 0.6) is 11.5 Å². The van der Waals surface area contributed by atoms with Gasteiger partial charge in [-0.1, -0.05) is 41.4 Å². The molecule has 25 heavy (non-hydrogen) atoms. The number of ether oxygens (including phenoxy) is 2. The third-order valence-corrected chi connectivity index (χ3v) is 5.99. The molecule has 2 atom stereocenters. The molecule has 0 bridgehead atoms. The molecular formula is C18H15Cl2NO3S. The highest BCUT2D eigenvalue weighted by Crippen LogP contribution is 2.42. The largest absolute Gasteiger partial charge is 0.485 e. The zero-order valence-corrected chi connectivity index (χ0v) is 15.5. The lowest BCUT2D eigenvalue weighted by molar-refractivity contribution is -0.141. The molecule has 0 spiro atoms. The Hall–Kier alpha value is -1.56. The number of rotatable bonds is 2. The standard InChI is InChI=1S/C18H15Cl2NO3S/c19-11-5-6-12(13(20)9-11)18-21(7-8-25-18)17(22)16-10-23-14-3-1-2-4-15(14)24-16/h1-6,9,16,18H,7-8,10H2. The van der Waals surface area contributed by atoms with E-state index >= 15 is 0 Å². The van der Waals surface area contributed by atoms with Crippen molar-refractivity contribution in [1.29, 1.82) is 0 Å². The predicted octanol–water partition coefficient (Wildman–Crippen LogP) is 4.41. The zero-order valence-electron chi connectivity index (χ0n) is 13.2. The minimum atomic E-state index is -0.651. The topological polar surface area (TPSA) is 38.8 Å². The molecule has 2 heterocycles. The highest BCUT2D eigenvalue weighted by atomic mass is 35.5. The maximum absolute atomic E-state index is 13.0. The predicted molar refractivity (Wildman–Crippen MR) is 99.7 cm³/mol. The van der Waals surface area contributed by atoms with Crippen molar-refractivity contribution < 1.29 is 14.3 Å². The fourth-order valence-corrected chi connectivity index (χ4v) is 4.86. The second-order valence-electron chi connectivity index (χ2n) is 5.78. The van der Waals surface area contributed by atoms with E-state index in [4.69, 9.17) is 32.7 Å². The van der Waals surface area contributed by atoms with E-state index in [1.807, 2.05) is 29.2 Å². The zero-order chi connectivity index (χ0) is 17.4. The Labute approximate surface area is 160 Å². The Morgan fingerprint density at radius 1 is 1.16 bits per heavy atom. The molecule has 2 aromatic carbocycles. The molecule has 0 N–H and O–H groups in total. The van der Waals surface area contributed by atoms with Crippen molar-refractivity contribution in [3.05, 3.63) is 58.1 Å². The molecule has 130 valence electrons. The number of thioether (sulfide) groups is 1. The van der Waals surface area contributed by atoms with Gasteiger partial charge in [-0.05, 0) is 24.3 Å². The van der Waals surface area contributed by atoms with E-state index in [-0.39, 0.29) is 17.9 Å². The first-order valence-electron chi connectivity index (χ1n) is 7.89. The van der Waals surface area contributed by atoms with Crippen molar-refractivity contribution in [2.75, 3.05) is 18.9 Å². The van der Waals surface area contributed by atoms with Crippen molar-refractivity contribution >= 4 is 40.9 Å². The van der Waals surface area contributed by atoms with E-state index in [0.29, 0.717) is 28.1 Å². The van der Waals surface area contributed by atoms with Crippen molar-refractivity contribution in [3.63, 3.8) is 0 Å². The Balaban J connectivity index is 1.55. The molecule has 1 amide bonds. The maximum Gasteiger partial charge on any atom is 0.268 e. The Kier molecular flexibility index (Phi) is 4.71. The number of halogens is 2. The lowest BCUT2D eigenvalue weighted by Crippen LogP contribution is -2.46. The average molecular weight is 396 g/mol. The molecule has 4 nitrogen and oxygen atoms in total. The summed E-state index contributed by atoms with van der Waals surface area (Å²) in [6.45, 7) is 0.854. The normalized spacial score (nSPS) is 22.1. The average Bonchev–Trinajstić information content (AvgIpc) is 3.10. The first-order valence-corrected chi connectivity index (χ1v) is 9.69. The molecule has 0 aromatic heterocycles. The van der Waals surface area contributed by atoms with Crippen LogP contribution >= 0.6 is 35.0 Å². The van der Waals surface area contributed by atoms with Crippen LogP contribution in [0.2, 0.25) is 10.0 Å². The van der Waals surface area contributed by atoms with Gasteiger partial charge in [0.1, 0.15) is 12.0 Å². The number of para-hydroxylation sites is 2. The molecule has 2 aromatic rings. The van der Waals surface area contributed by atoms with E-state index in [1.165, 1.54) is 0 Å². The van der Waals surface area contributed by atoms with E-state index < -0.39 is 6.10 Å². The molecule has 4 rings (SSSR count). The van der Waals surface area contributed by atoms with Crippen LogP contribution in [0.4, 0.5) is 0 Å². The Morgan fingerprint density at radius 2 is 1.96 bits per heavy atom. The number of hydrogen-bond acceptors (Lipinski definition) is 4. The van der Waals surface area contributed by atoms with Gasteiger partial charge in [0.2, 0.25) is 6.10 Å².